The van der Waals surface area contributed by atoms with Crippen LogP contribution in [0.5, 0.6) is 17.2 Å². The number of hydrogen-bond donors (Lipinski definition) is 1. The number of aliphatic imine (C=N–C) groups is 1. The normalized spacial score (nSPS) is 16.8. The van der Waals surface area contributed by atoms with E-state index in [-0.39, 0.29) is 0 Å². The highest BCUT2D eigenvalue weighted by molar-refractivity contribution is 5.80. The van der Waals surface area contributed by atoms with Gasteiger partial charge in [0.05, 0.1) is 27.4 Å². The molecule has 1 atom stereocenters. The second-order valence-corrected chi connectivity index (χ2v) is 7.17. The second-order valence-electron chi connectivity index (χ2n) is 7.17. The first-order chi connectivity index (χ1) is 14.7. The van der Waals surface area contributed by atoms with Crippen molar-refractivity contribution in [1.82, 2.24) is 15.1 Å². The van der Waals surface area contributed by atoms with E-state index < -0.39 is 12.2 Å². The highest BCUT2D eigenvalue weighted by Gasteiger charge is 2.41. The zero-order chi connectivity index (χ0) is 23.0. The van der Waals surface area contributed by atoms with E-state index in [1.54, 1.807) is 14.2 Å². The van der Waals surface area contributed by atoms with Crippen molar-refractivity contribution >= 4 is 5.96 Å². The van der Waals surface area contributed by atoms with Gasteiger partial charge in [0.15, 0.2) is 17.5 Å². The summed E-state index contributed by atoms with van der Waals surface area (Å²) >= 11 is 0. The Morgan fingerprint density at radius 2 is 1.68 bits per heavy atom. The lowest BCUT2D eigenvalue weighted by Crippen LogP contribution is -2.56. The van der Waals surface area contributed by atoms with E-state index in [4.69, 9.17) is 19.2 Å². The van der Waals surface area contributed by atoms with Gasteiger partial charge in [0, 0.05) is 32.7 Å². The molecule has 1 aromatic carbocycles. The van der Waals surface area contributed by atoms with Crippen molar-refractivity contribution in [3.05, 3.63) is 17.7 Å². The standard InChI is InChI=1S/C21H33F3N4O3/c1-6-25-20(28-10-8-27(9-11-28)15(3)21(22,23)24)26-14-16-12-17(29-4)19(31-7-2)18(13-16)30-5/h12-13,15H,6-11,14H2,1-5H3,(H,25,26). The number of hydrogen-bond acceptors (Lipinski definition) is 5. The monoisotopic (exact) mass is 446 g/mol. The van der Waals surface area contributed by atoms with Crippen molar-refractivity contribution in [2.45, 2.75) is 39.5 Å². The van der Waals surface area contributed by atoms with Crippen molar-refractivity contribution in [1.29, 1.82) is 0 Å². The molecule has 0 bridgehead atoms. The molecule has 7 nitrogen and oxygen atoms in total. The van der Waals surface area contributed by atoms with Gasteiger partial charge >= 0.3 is 6.18 Å². The molecule has 1 saturated heterocycles. The highest BCUT2D eigenvalue weighted by atomic mass is 19.4. The van der Waals surface area contributed by atoms with E-state index in [0.29, 0.717) is 69.1 Å². The van der Waals surface area contributed by atoms with Crippen LogP contribution in [0.25, 0.3) is 0 Å². The number of halogens is 3. The number of nitrogens with one attached hydrogen (secondary N) is 1. The minimum absolute atomic E-state index is 0.329. The van der Waals surface area contributed by atoms with Crippen LogP contribution in [0.3, 0.4) is 0 Å². The molecule has 31 heavy (non-hydrogen) atoms. The van der Waals surface area contributed by atoms with Crippen LogP contribution in [0.15, 0.2) is 17.1 Å². The fourth-order valence-corrected chi connectivity index (χ4v) is 3.43. The largest absolute Gasteiger partial charge is 0.493 e. The number of benzene rings is 1. The van der Waals surface area contributed by atoms with Crippen LogP contribution in [0.1, 0.15) is 26.3 Å². The Hall–Kier alpha value is -2.36. The molecule has 0 radical (unpaired) electrons. The molecule has 0 amide bonds. The molecule has 0 saturated carbocycles. The van der Waals surface area contributed by atoms with Gasteiger partial charge in [-0.15, -0.1) is 0 Å². The number of nitrogens with zero attached hydrogens (tertiary/aromatic N) is 3. The van der Waals surface area contributed by atoms with E-state index in [2.05, 4.69) is 5.32 Å². The Morgan fingerprint density at radius 3 is 2.13 bits per heavy atom. The molecule has 1 aromatic rings. The van der Waals surface area contributed by atoms with Crippen LogP contribution in [-0.2, 0) is 6.54 Å². The lowest BCUT2D eigenvalue weighted by Gasteiger charge is -2.39. The Morgan fingerprint density at radius 1 is 1.10 bits per heavy atom. The van der Waals surface area contributed by atoms with Gasteiger partial charge in [-0.05, 0) is 38.5 Å². The fourth-order valence-electron chi connectivity index (χ4n) is 3.43. The first-order valence-electron chi connectivity index (χ1n) is 10.5. The van der Waals surface area contributed by atoms with Crippen LogP contribution in [0.2, 0.25) is 0 Å². The summed E-state index contributed by atoms with van der Waals surface area (Å²) < 4.78 is 55.5. The molecule has 1 unspecified atom stereocenters. The van der Waals surface area contributed by atoms with Gasteiger partial charge in [0.2, 0.25) is 5.75 Å². The third kappa shape index (κ3) is 6.56. The van der Waals surface area contributed by atoms with Crippen molar-refractivity contribution in [3.8, 4) is 17.2 Å². The quantitative estimate of drug-likeness (QED) is 0.489. The predicted molar refractivity (Wildman–Crippen MR) is 114 cm³/mol. The van der Waals surface area contributed by atoms with E-state index in [1.165, 1.54) is 11.8 Å². The minimum Gasteiger partial charge on any atom is -0.493 e. The molecule has 10 heteroatoms. The maximum atomic E-state index is 13.0. The van der Waals surface area contributed by atoms with Crippen molar-refractivity contribution in [3.63, 3.8) is 0 Å². The number of ether oxygens (including phenoxy) is 3. The van der Waals surface area contributed by atoms with Crippen molar-refractivity contribution < 1.29 is 27.4 Å². The Balaban J connectivity index is 2.13. The van der Waals surface area contributed by atoms with E-state index in [1.807, 2.05) is 30.9 Å². The maximum Gasteiger partial charge on any atom is 0.403 e. The molecule has 2 rings (SSSR count). The minimum atomic E-state index is -4.22. The lowest BCUT2D eigenvalue weighted by atomic mass is 10.2. The van der Waals surface area contributed by atoms with E-state index >= 15 is 0 Å². The van der Waals surface area contributed by atoms with Crippen LogP contribution < -0.4 is 19.5 Å². The topological polar surface area (TPSA) is 58.6 Å². The first-order valence-corrected chi connectivity index (χ1v) is 10.5. The van der Waals surface area contributed by atoms with Crippen LogP contribution in [0, 0.1) is 0 Å². The molecule has 1 N–H and O–H groups in total. The molecular weight excluding hydrogens is 413 g/mol. The molecule has 0 aromatic heterocycles. The Kier molecular flexibility index (Phi) is 9.09. The number of rotatable bonds is 8. The highest BCUT2D eigenvalue weighted by Crippen LogP contribution is 2.38. The summed E-state index contributed by atoms with van der Waals surface area (Å²) in [6, 6.07) is 2.26. The predicted octanol–water partition coefficient (Wildman–Crippen LogP) is 3.14. The lowest BCUT2D eigenvalue weighted by molar-refractivity contribution is -0.181. The maximum absolute atomic E-state index is 13.0. The average Bonchev–Trinajstić information content (AvgIpc) is 2.76. The first kappa shape index (κ1) is 24.9. The van der Waals surface area contributed by atoms with Gasteiger partial charge < -0.3 is 24.4 Å². The van der Waals surface area contributed by atoms with Gasteiger partial charge in [0.25, 0.3) is 0 Å². The summed E-state index contributed by atoms with van der Waals surface area (Å²) in [6.45, 7) is 8.16. The summed E-state index contributed by atoms with van der Waals surface area (Å²) in [5.41, 5.74) is 0.872. The number of guanidine groups is 1. The molecular formula is C21H33F3N4O3. The van der Waals surface area contributed by atoms with Gasteiger partial charge in [-0.3, -0.25) is 4.90 Å². The summed E-state index contributed by atoms with van der Waals surface area (Å²) in [6.07, 6.45) is -4.22. The number of piperazine rings is 1. The van der Waals surface area contributed by atoms with Gasteiger partial charge in [-0.1, -0.05) is 0 Å². The second kappa shape index (κ2) is 11.3. The fraction of sp³-hybridized carbons (Fsp3) is 0.667. The molecule has 0 aliphatic carbocycles. The average molecular weight is 447 g/mol. The number of methoxy groups -OCH3 is 2. The zero-order valence-electron chi connectivity index (χ0n) is 18.9. The Labute approximate surface area is 182 Å². The van der Waals surface area contributed by atoms with E-state index in [0.717, 1.165) is 5.56 Å². The third-order valence-corrected chi connectivity index (χ3v) is 5.19. The molecule has 1 aliphatic heterocycles. The van der Waals surface area contributed by atoms with Crippen molar-refractivity contribution in [2.24, 2.45) is 4.99 Å². The molecule has 0 spiro atoms. The SMILES string of the molecule is CCNC(=NCc1cc(OC)c(OCC)c(OC)c1)N1CCN(C(C)C(F)(F)F)CC1. The van der Waals surface area contributed by atoms with Gasteiger partial charge in [-0.2, -0.15) is 13.2 Å². The smallest absolute Gasteiger partial charge is 0.403 e. The van der Waals surface area contributed by atoms with Gasteiger partial charge in [-0.25, -0.2) is 4.99 Å². The van der Waals surface area contributed by atoms with Crippen LogP contribution in [-0.4, -0.2) is 81.5 Å². The third-order valence-electron chi connectivity index (χ3n) is 5.19. The summed E-state index contributed by atoms with van der Waals surface area (Å²) in [5, 5.41) is 3.23. The Bertz CT molecular complexity index is 710. The van der Waals surface area contributed by atoms with Crippen molar-refractivity contribution in [2.75, 3.05) is 53.6 Å². The van der Waals surface area contributed by atoms with Crippen LogP contribution >= 0.6 is 0 Å². The van der Waals surface area contributed by atoms with Crippen LogP contribution in [0.4, 0.5) is 13.2 Å². The zero-order valence-corrected chi connectivity index (χ0v) is 18.9. The summed E-state index contributed by atoms with van der Waals surface area (Å²) in [4.78, 5) is 8.14. The molecule has 1 aliphatic rings. The summed E-state index contributed by atoms with van der Waals surface area (Å²) in [5.74, 6) is 2.34. The van der Waals surface area contributed by atoms with E-state index in [9.17, 15) is 13.2 Å². The number of alkyl halides is 3. The molecule has 1 fully saturated rings. The van der Waals surface area contributed by atoms with Gasteiger partial charge in [0.1, 0.15) is 6.04 Å². The molecule has 176 valence electrons. The summed E-state index contributed by atoms with van der Waals surface area (Å²) in [7, 11) is 3.13. The molecule has 1 heterocycles.